The second kappa shape index (κ2) is 2.45. The van der Waals surface area contributed by atoms with Gasteiger partial charge in [-0.15, -0.1) is 0 Å². The van der Waals surface area contributed by atoms with Crippen molar-refractivity contribution in [1.29, 1.82) is 0 Å². The van der Waals surface area contributed by atoms with Gasteiger partial charge in [0.25, 0.3) is 0 Å². The molecule has 0 radical (unpaired) electrons. The minimum atomic E-state index is 0.143. The van der Waals surface area contributed by atoms with Crippen LogP contribution in [-0.2, 0) is 0 Å². The van der Waals surface area contributed by atoms with E-state index in [2.05, 4.69) is 36.2 Å². The van der Waals surface area contributed by atoms with Gasteiger partial charge in [0.1, 0.15) is 0 Å². The molecule has 0 saturated carbocycles. The number of hydrogen-bond donors (Lipinski definition) is 0. The molecule has 0 unspecified atom stereocenters. The van der Waals surface area contributed by atoms with E-state index in [4.69, 9.17) is 0 Å². The van der Waals surface area contributed by atoms with Gasteiger partial charge in [-0.3, -0.25) is 0 Å². The molecule has 0 N–H and O–H groups in total. The molecular weight excluding hydrogens is 238 g/mol. The SMILES string of the molecule is CN1C[Te]c2ccccc21. The third-order valence-corrected chi connectivity index (χ3v) is 5.04. The van der Waals surface area contributed by atoms with Gasteiger partial charge in [-0.1, -0.05) is 0 Å². The van der Waals surface area contributed by atoms with Crippen molar-refractivity contribution >= 4 is 30.2 Å². The maximum absolute atomic E-state index is 2.36. The summed E-state index contributed by atoms with van der Waals surface area (Å²) in [5.41, 5.74) is 1.46. The van der Waals surface area contributed by atoms with Gasteiger partial charge in [0, 0.05) is 0 Å². The van der Waals surface area contributed by atoms with E-state index in [1.165, 1.54) is 10.3 Å². The Morgan fingerprint density at radius 1 is 1.40 bits per heavy atom. The molecule has 0 fully saturated rings. The first-order chi connectivity index (χ1) is 4.88. The number of hydrogen-bond acceptors (Lipinski definition) is 1. The maximum atomic E-state index is 2.36. The van der Waals surface area contributed by atoms with Crippen molar-refractivity contribution in [2.75, 3.05) is 16.5 Å². The van der Waals surface area contributed by atoms with Crippen molar-refractivity contribution in [3.8, 4) is 0 Å². The zero-order valence-corrected chi connectivity index (χ0v) is 8.20. The van der Waals surface area contributed by atoms with Crippen LogP contribution >= 0.6 is 0 Å². The Morgan fingerprint density at radius 2 is 2.20 bits per heavy atom. The summed E-state index contributed by atoms with van der Waals surface area (Å²) in [6.45, 7) is 0. The first-order valence-corrected chi connectivity index (χ1v) is 6.12. The van der Waals surface area contributed by atoms with E-state index in [0.717, 1.165) is 0 Å². The Balaban J connectivity index is 2.51. The minimum absolute atomic E-state index is 0.143. The zero-order valence-electron chi connectivity index (χ0n) is 5.87. The van der Waals surface area contributed by atoms with Gasteiger partial charge >= 0.3 is 71.0 Å². The molecule has 52 valence electrons. The van der Waals surface area contributed by atoms with E-state index < -0.39 is 0 Å². The summed E-state index contributed by atoms with van der Waals surface area (Å²) in [6, 6.07) is 8.74. The molecule has 10 heavy (non-hydrogen) atoms. The predicted molar refractivity (Wildman–Crippen MR) is 45.1 cm³/mol. The van der Waals surface area contributed by atoms with Crippen LogP contribution in [-0.4, -0.2) is 32.6 Å². The Hall–Kier alpha value is -0.190. The molecule has 0 aromatic heterocycles. The molecule has 1 heterocycles. The van der Waals surface area contributed by atoms with Crippen LogP contribution in [0, 0.1) is 0 Å². The fraction of sp³-hybridized carbons (Fsp3) is 0.250. The van der Waals surface area contributed by atoms with Crippen molar-refractivity contribution in [2.45, 2.75) is 0 Å². The molecule has 1 nitrogen and oxygen atoms in total. The summed E-state index contributed by atoms with van der Waals surface area (Å²) in [7, 11) is 2.18. The molecular formula is C8H9NTe. The Kier molecular flexibility index (Phi) is 1.60. The van der Waals surface area contributed by atoms with E-state index in [0.29, 0.717) is 0 Å². The van der Waals surface area contributed by atoms with Crippen LogP contribution in [0.2, 0.25) is 0 Å². The molecule has 0 bridgehead atoms. The van der Waals surface area contributed by atoms with Gasteiger partial charge < -0.3 is 0 Å². The topological polar surface area (TPSA) is 3.24 Å². The fourth-order valence-electron chi connectivity index (χ4n) is 1.13. The van der Waals surface area contributed by atoms with Crippen LogP contribution in [0.4, 0.5) is 5.69 Å². The molecule has 2 heteroatoms. The molecule has 0 aliphatic carbocycles. The van der Waals surface area contributed by atoms with Gasteiger partial charge in [0.15, 0.2) is 0 Å². The van der Waals surface area contributed by atoms with E-state index in [1.807, 2.05) is 0 Å². The Bertz CT molecular complexity index is 247. The molecule has 1 aliphatic rings. The average molecular weight is 247 g/mol. The normalized spacial score (nSPS) is 15.5. The van der Waals surface area contributed by atoms with Crippen LogP contribution in [0.3, 0.4) is 0 Å². The number of anilines is 1. The first kappa shape index (κ1) is 6.52. The Morgan fingerprint density at radius 3 is 3.00 bits per heavy atom. The monoisotopic (exact) mass is 249 g/mol. The van der Waals surface area contributed by atoms with Gasteiger partial charge in [-0.25, -0.2) is 0 Å². The van der Waals surface area contributed by atoms with Crippen LogP contribution in [0.1, 0.15) is 0 Å². The fourth-order valence-corrected chi connectivity index (χ4v) is 4.04. The van der Waals surface area contributed by atoms with Gasteiger partial charge in [0.2, 0.25) is 0 Å². The predicted octanol–water partition coefficient (Wildman–Crippen LogP) is 0.423. The van der Waals surface area contributed by atoms with Gasteiger partial charge in [0.05, 0.1) is 0 Å². The second-order valence-electron chi connectivity index (χ2n) is 2.44. The summed E-state index contributed by atoms with van der Waals surface area (Å²) in [4.78, 5) is 2.36. The first-order valence-electron chi connectivity index (χ1n) is 3.31. The van der Waals surface area contributed by atoms with Crippen molar-refractivity contribution in [3.63, 3.8) is 0 Å². The number of fused-ring (bicyclic) bond motifs is 1. The van der Waals surface area contributed by atoms with Crippen LogP contribution in [0.25, 0.3) is 0 Å². The summed E-state index contributed by atoms with van der Waals surface area (Å²) < 4.78 is 2.93. The number of nitrogens with zero attached hydrogens (tertiary/aromatic N) is 1. The third kappa shape index (κ3) is 0.923. The number of benzene rings is 1. The Labute approximate surface area is 71.1 Å². The van der Waals surface area contributed by atoms with E-state index in [9.17, 15) is 0 Å². The summed E-state index contributed by atoms with van der Waals surface area (Å²) >= 11 is 0.143. The van der Waals surface area contributed by atoms with Crippen molar-refractivity contribution in [1.82, 2.24) is 0 Å². The van der Waals surface area contributed by atoms with Crippen LogP contribution in [0.5, 0.6) is 0 Å². The molecule has 2 rings (SSSR count). The molecule has 1 aromatic carbocycles. The van der Waals surface area contributed by atoms with Gasteiger partial charge in [-0.2, -0.15) is 0 Å². The van der Waals surface area contributed by atoms with E-state index >= 15 is 0 Å². The number of para-hydroxylation sites is 1. The van der Waals surface area contributed by atoms with Crippen molar-refractivity contribution < 1.29 is 0 Å². The number of rotatable bonds is 0. The summed E-state index contributed by atoms with van der Waals surface area (Å²) in [6.07, 6.45) is 0. The standard InChI is InChI=1S/C8H9NTe/c1-9-6-10-8-5-3-2-4-7(8)9/h2-5H,6H2,1H3. The van der Waals surface area contributed by atoms with Crippen molar-refractivity contribution in [2.24, 2.45) is 0 Å². The van der Waals surface area contributed by atoms with Gasteiger partial charge in [-0.05, 0) is 0 Å². The molecule has 0 atom stereocenters. The van der Waals surface area contributed by atoms with Crippen molar-refractivity contribution in [3.05, 3.63) is 24.3 Å². The van der Waals surface area contributed by atoms with Crippen LogP contribution in [0.15, 0.2) is 24.3 Å². The quantitative estimate of drug-likeness (QED) is 0.600. The third-order valence-electron chi connectivity index (χ3n) is 1.69. The molecule has 0 amide bonds. The zero-order chi connectivity index (χ0) is 6.97. The second-order valence-corrected chi connectivity index (χ2v) is 5.26. The molecule has 0 spiro atoms. The summed E-state index contributed by atoms with van der Waals surface area (Å²) in [5, 5.41) is 0. The van der Waals surface area contributed by atoms with Crippen LogP contribution < -0.4 is 8.51 Å². The van der Waals surface area contributed by atoms with E-state index in [1.54, 1.807) is 3.61 Å². The van der Waals surface area contributed by atoms with E-state index in [-0.39, 0.29) is 20.9 Å². The summed E-state index contributed by atoms with van der Waals surface area (Å²) in [5.74, 6) is 0. The molecule has 1 aliphatic heterocycles. The molecule has 1 aromatic rings. The average Bonchev–Trinajstić information content (AvgIpc) is 2.34. The molecule has 0 saturated heterocycles.